The maximum absolute atomic E-state index is 13.1. The summed E-state index contributed by atoms with van der Waals surface area (Å²) in [5.74, 6) is 0.154. The largest absolute Gasteiger partial charge is 0.416 e. The molecular formula is C18H16F3N3O. The lowest BCUT2D eigenvalue weighted by atomic mass is 10.1. The summed E-state index contributed by atoms with van der Waals surface area (Å²) in [6, 6.07) is 11.9. The maximum atomic E-state index is 13.1. The number of amidine groups is 1. The third-order valence-electron chi connectivity index (χ3n) is 3.88. The Labute approximate surface area is 143 Å². The summed E-state index contributed by atoms with van der Waals surface area (Å²) in [5, 5.41) is 0. The zero-order valence-corrected chi connectivity index (χ0v) is 13.7. The summed E-state index contributed by atoms with van der Waals surface area (Å²) in [5.41, 5.74) is 0.140. The molecule has 0 radical (unpaired) electrons. The molecule has 25 heavy (non-hydrogen) atoms. The van der Waals surface area contributed by atoms with Crippen molar-refractivity contribution >= 4 is 28.8 Å². The summed E-state index contributed by atoms with van der Waals surface area (Å²) < 4.78 is 39.4. The maximum Gasteiger partial charge on any atom is 0.416 e. The lowest BCUT2D eigenvalue weighted by Gasteiger charge is -2.23. The Morgan fingerprint density at radius 3 is 2.36 bits per heavy atom. The average molecular weight is 347 g/mol. The number of halogens is 3. The first-order chi connectivity index (χ1) is 11.8. The highest BCUT2D eigenvalue weighted by Gasteiger charge is 2.34. The summed E-state index contributed by atoms with van der Waals surface area (Å²) in [6.07, 6.45) is -4.50. The molecule has 130 valence electrons. The molecule has 2 aromatic carbocycles. The van der Waals surface area contributed by atoms with Crippen LogP contribution in [0.4, 0.5) is 30.2 Å². The fraction of sp³-hybridized carbons (Fsp3) is 0.222. The Bertz CT molecular complexity index is 829. The Hall–Kier alpha value is -2.83. The van der Waals surface area contributed by atoms with Gasteiger partial charge in [-0.3, -0.25) is 9.69 Å². The number of benzene rings is 2. The predicted octanol–water partition coefficient (Wildman–Crippen LogP) is 4.37. The normalized spacial score (nSPS) is 14.7. The first-order valence-electron chi connectivity index (χ1n) is 7.61. The molecule has 4 nitrogen and oxygen atoms in total. The quantitative estimate of drug-likeness (QED) is 0.768. The highest BCUT2D eigenvalue weighted by molar-refractivity contribution is 6.14. The van der Waals surface area contributed by atoms with Crippen molar-refractivity contribution in [1.82, 2.24) is 4.90 Å². The summed E-state index contributed by atoms with van der Waals surface area (Å²) in [7, 11) is 3.49. The van der Waals surface area contributed by atoms with Gasteiger partial charge in [-0.1, -0.05) is 18.2 Å². The number of carbonyl (C=O) groups excluding carboxylic acids is 1. The molecule has 0 fully saturated rings. The smallest absolute Gasteiger partial charge is 0.366 e. The van der Waals surface area contributed by atoms with Crippen LogP contribution in [0, 0.1) is 0 Å². The van der Waals surface area contributed by atoms with Crippen LogP contribution in [0.25, 0.3) is 0 Å². The fourth-order valence-electron chi connectivity index (χ4n) is 2.62. The van der Waals surface area contributed by atoms with E-state index in [-0.39, 0.29) is 18.0 Å². The topological polar surface area (TPSA) is 35.9 Å². The van der Waals surface area contributed by atoms with Crippen molar-refractivity contribution < 1.29 is 18.0 Å². The summed E-state index contributed by atoms with van der Waals surface area (Å²) in [4.78, 5) is 20.2. The SMILES string of the molecule is CN(C)C1=Nc2ccc(C(F)(F)F)cc2N(c2ccccc2)C(=O)C1. The van der Waals surface area contributed by atoms with Gasteiger partial charge < -0.3 is 4.90 Å². The molecule has 0 N–H and O–H groups in total. The predicted molar refractivity (Wildman–Crippen MR) is 90.4 cm³/mol. The van der Waals surface area contributed by atoms with Crippen LogP contribution >= 0.6 is 0 Å². The molecule has 0 bridgehead atoms. The van der Waals surface area contributed by atoms with Crippen LogP contribution in [-0.2, 0) is 11.0 Å². The number of fused-ring (bicyclic) bond motifs is 1. The average Bonchev–Trinajstić information content (AvgIpc) is 2.70. The number of hydrogen-bond donors (Lipinski definition) is 0. The van der Waals surface area contributed by atoms with Gasteiger partial charge in [0.25, 0.3) is 0 Å². The van der Waals surface area contributed by atoms with Crippen molar-refractivity contribution in [2.45, 2.75) is 12.6 Å². The van der Waals surface area contributed by atoms with E-state index in [4.69, 9.17) is 0 Å². The van der Waals surface area contributed by atoms with Crippen LogP contribution in [0.1, 0.15) is 12.0 Å². The molecule has 1 heterocycles. The van der Waals surface area contributed by atoms with Crippen molar-refractivity contribution in [1.29, 1.82) is 0 Å². The second kappa shape index (κ2) is 6.23. The minimum atomic E-state index is -4.50. The first-order valence-corrected chi connectivity index (χ1v) is 7.61. The molecule has 0 saturated heterocycles. The van der Waals surface area contributed by atoms with E-state index in [0.29, 0.717) is 17.2 Å². The van der Waals surface area contributed by atoms with Gasteiger partial charge >= 0.3 is 6.18 Å². The van der Waals surface area contributed by atoms with E-state index in [0.717, 1.165) is 12.1 Å². The highest BCUT2D eigenvalue weighted by Crippen LogP contribution is 2.41. The van der Waals surface area contributed by atoms with Gasteiger partial charge in [0.1, 0.15) is 5.84 Å². The lowest BCUT2D eigenvalue weighted by molar-refractivity contribution is -0.137. The summed E-state index contributed by atoms with van der Waals surface area (Å²) in [6.45, 7) is 0. The Balaban J connectivity index is 2.22. The van der Waals surface area contributed by atoms with Crippen LogP contribution in [-0.4, -0.2) is 30.7 Å². The number of anilines is 2. The zero-order valence-electron chi connectivity index (χ0n) is 13.7. The first kappa shape index (κ1) is 17.0. The van der Waals surface area contributed by atoms with Gasteiger partial charge in [-0.05, 0) is 30.3 Å². The van der Waals surface area contributed by atoms with Gasteiger partial charge in [0.2, 0.25) is 5.91 Å². The standard InChI is InChI=1S/C18H16F3N3O/c1-23(2)16-11-17(25)24(13-6-4-3-5-7-13)15-10-12(18(19,20)21)8-9-14(15)22-16/h3-10H,11H2,1-2H3. The van der Waals surface area contributed by atoms with Crippen molar-refractivity contribution in [3.63, 3.8) is 0 Å². The van der Waals surface area contributed by atoms with E-state index in [2.05, 4.69) is 4.99 Å². The van der Waals surface area contributed by atoms with Crippen molar-refractivity contribution in [2.75, 3.05) is 19.0 Å². The molecule has 0 saturated carbocycles. The van der Waals surface area contributed by atoms with Gasteiger partial charge in [-0.15, -0.1) is 0 Å². The van der Waals surface area contributed by atoms with Crippen LogP contribution < -0.4 is 4.90 Å². The second-order valence-electron chi connectivity index (χ2n) is 5.87. The highest BCUT2D eigenvalue weighted by atomic mass is 19.4. The van der Waals surface area contributed by atoms with E-state index in [1.165, 1.54) is 11.0 Å². The lowest BCUT2D eigenvalue weighted by Crippen LogP contribution is -2.31. The minimum absolute atomic E-state index is 0.00206. The number of aliphatic imine (C=N–C) groups is 1. The molecule has 0 aromatic heterocycles. The minimum Gasteiger partial charge on any atom is -0.366 e. The Morgan fingerprint density at radius 2 is 1.76 bits per heavy atom. The molecule has 7 heteroatoms. The molecule has 2 aromatic rings. The van der Waals surface area contributed by atoms with Crippen LogP contribution in [0.15, 0.2) is 53.5 Å². The number of rotatable bonds is 1. The molecule has 1 aliphatic heterocycles. The van der Waals surface area contributed by atoms with Gasteiger partial charge in [0.05, 0.1) is 23.4 Å². The third-order valence-corrected chi connectivity index (χ3v) is 3.88. The molecular weight excluding hydrogens is 331 g/mol. The van der Waals surface area contributed by atoms with Crippen LogP contribution in [0.5, 0.6) is 0 Å². The van der Waals surface area contributed by atoms with Gasteiger partial charge in [0, 0.05) is 19.8 Å². The molecule has 0 spiro atoms. The number of carbonyl (C=O) groups is 1. The third kappa shape index (κ3) is 3.35. The number of nitrogens with zero attached hydrogens (tertiary/aromatic N) is 3. The molecule has 0 unspecified atom stereocenters. The summed E-state index contributed by atoms with van der Waals surface area (Å²) >= 11 is 0. The van der Waals surface area contributed by atoms with Gasteiger partial charge in [-0.2, -0.15) is 13.2 Å². The number of para-hydroxylation sites is 1. The van der Waals surface area contributed by atoms with E-state index >= 15 is 0 Å². The molecule has 3 rings (SSSR count). The zero-order chi connectivity index (χ0) is 18.2. The molecule has 0 atom stereocenters. The van der Waals surface area contributed by atoms with Crippen LogP contribution in [0.3, 0.4) is 0 Å². The second-order valence-corrected chi connectivity index (χ2v) is 5.87. The molecule has 0 aliphatic carbocycles. The van der Waals surface area contributed by atoms with Gasteiger partial charge in [0.15, 0.2) is 0 Å². The van der Waals surface area contributed by atoms with E-state index in [1.807, 2.05) is 0 Å². The van der Waals surface area contributed by atoms with Gasteiger partial charge in [-0.25, -0.2) is 4.99 Å². The number of hydrogen-bond acceptors (Lipinski definition) is 3. The molecule has 1 amide bonds. The Kier molecular flexibility index (Phi) is 4.24. The van der Waals surface area contributed by atoms with E-state index < -0.39 is 11.7 Å². The number of amides is 1. The molecule has 1 aliphatic rings. The Morgan fingerprint density at radius 1 is 1.08 bits per heavy atom. The van der Waals surface area contributed by atoms with E-state index in [1.54, 1.807) is 49.3 Å². The monoisotopic (exact) mass is 347 g/mol. The van der Waals surface area contributed by atoms with Crippen molar-refractivity contribution in [3.8, 4) is 0 Å². The number of alkyl halides is 3. The van der Waals surface area contributed by atoms with E-state index in [9.17, 15) is 18.0 Å². The fourth-order valence-corrected chi connectivity index (χ4v) is 2.62. The van der Waals surface area contributed by atoms with Crippen molar-refractivity contribution in [2.24, 2.45) is 4.99 Å². The van der Waals surface area contributed by atoms with Crippen molar-refractivity contribution in [3.05, 3.63) is 54.1 Å². The van der Waals surface area contributed by atoms with Crippen LogP contribution in [0.2, 0.25) is 0 Å².